The van der Waals surface area contributed by atoms with Crippen molar-refractivity contribution in [3.63, 3.8) is 0 Å². The normalized spacial score (nSPS) is 11.3. The van der Waals surface area contributed by atoms with Crippen molar-refractivity contribution in [1.82, 2.24) is 24.3 Å². The van der Waals surface area contributed by atoms with Crippen LogP contribution in [0, 0.1) is 13.8 Å². The minimum Gasteiger partial charge on any atom is -0.469 e. The molecule has 0 aliphatic heterocycles. The van der Waals surface area contributed by atoms with Crippen molar-refractivity contribution in [1.29, 1.82) is 0 Å². The van der Waals surface area contributed by atoms with Crippen molar-refractivity contribution in [3.8, 4) is 11.4 Å². The predicted octanol–water partition coefficient (Wildman–Crippen LogP) is 2.17. The van der Waals surface area contributed by atoms with Crippen LogP contribution in [0.4, 0.5) is 0 Å². The number of hydrogen-bond donors (Lipinski definition) is 1. The van der Waals surface area contributed by atoms with Crippen molar-refractivity contribution < 1.29 is 4.42 Å². The van der Waals surface area contributed by atoms with Gasteiger partial charge < -0.3 is 10.3 Å². The molecule has 4 rings (SSSR count). The van der Waals surface area contributed by atoms with Crippen LogP contribution in [-0.2, 0) is 5.75 Å². The Labute approximate surface area is 152 Å². The monoisotopic (exact) mass is 368 g/mol. The fourth-order valence-electron chi connectivity index (χ4n) is 2.75. The van der Waals surface area contributed by atoms with Crippen LogP contribution < -0.4 is 11.4 Å². The Morgan fingerprint density at radius 2 is 2.08 bits per heavy atom. The summed E-state index contributed by atoms with van der Waals surface area (Å²) in [5, 5.41) is 8.79. The Hall–Kier alpha value is -3.07. The van der Waals surface area contributed by atoms with Crippen LogP contribution in [0.2, 0.25) is 0 Å². The van der Waals surface area contributed by atoms with Crippen molar-refractivity contribution in [3.05, 3.63) is 64.1 Å². The van der Waals surface area contributed by atoms with Gasteiger partial charge in [-0.1, -0.05) is 17.8 Å². The average Bonchev–Trinajstić information content (AvgIpc) is 3.18. The zero-order chi connectivity index (χ0) is 18.3. The molecule has 2 N–H and O–H groups in total. The zero-order valence-electron chi connectivity index (χ0n) is 14.2. The van der Waals surface area contributed by atoms with Crippen LogP contribution in [0.5, 0.6) is 0 Å². The summed E-state index contributed by atoms with van der Waals surface area (Å²) < 4.78 is 8.29. The van der Waals surface area contributed by atoms with Crippen LogP contribution in [0.3, 0.4) is 0 Å². The lowest BCUT2D eigenvalue weighted by atomic mass is 10.2. The van der Waals surface area contributed by atoms with E-state index in [1.54, 1.807) is 16.7 Å². The minimum atomic E-state index is -0.104. The van der Waals surface area contributed by atoms with Gasteiger partial charge in [0.2, 0.25) is 5.16 Å². The van der Waals surface area contributed by atoms with E-state index in [9.17, 15) is 4.79 Å². The van der Waals surface area contributed by atoms with Gasteiger partial charge >= 0.3 is 0 Å². The first-order valence-electron chi connectivity index (χ1n) is 7.90. The number of aromatic nitrogens is 5. The van der Waals surface area contributed by atoms with Crippen LogP contribution >= 0.6 is 11.8 Å². The molecule has 0 amide bonds. The highest BCUT2D eigenvalue weighted by atomic mass is 32.2. The number of furan rings is 1. The summed E-state index contributed by atoms with van der Waals surface area (Å²) in [5.74, 6) is 7.82. The maximum absolute atomic E-state index is 12.3. The van der Waals surface area contributed by atoms with Gasteiger partial charge in [-0.05, 0) is 32.0 Å². The van der Waals surface area contributed by atoms with Crippen molar-refractivity contribution in [2.24, 2.45) is 0 Å². The van der Waals surface area contributed by atoms with Gasteiger partial charge in [-0.2, -0.15) is 0 Å². The second-order valence-corrected chi connectivity index (χ2v) is 6.74. The highest BCUT2D eigenvalue weighted by Crippen LogP contribution is 2.26. The van der Waals surface area contributed by atoms with E-state index >= 15 is 0 Å². The van der Waals surface area contributed by atoms with Gasteiger partial charge in [0, 0.05) is 17.5 Å². The molecular formula is C17H16N6O2S. The molecule has 0 spiro atoms. The second-order valence-electron chi connectivity index (χ2n) is 5.80. The molecule has 0 fully saturated rings. The van der Waals surface area contributed by atoms with Crippen LogP contribution in [0.15, 0.2) is 51.0 Å². The zero-order valence-corrected chi connectivity index (χ0v) is 15.0. The van der Waals surface area contributed by atoms with E-state index in [1.165, 1.54) is 22.5 Å². The van der Waals surface area contributed by atoms with E-state index in [4.69, 9.17) is 10.3 Å². The predicted molar refractivity (Wildman–Crippen MR) is 98.4 cm³/mol. The molecular weight excluding hydrogens is 352 g/mol. The fraction of sp³-hybridized carbons (Fsp3) is 0.176. The lowest BCUT2D eigenvalue weighted by molar-refractivity contribution is 0.535. The van der Waals surface area contributed by atoms with E-state index < -0.39 is 0 Å². The molecule has 0 atom stereocenters. The summed E-state index contributed by atoms with van der Waals surface area (Å²) in [4.78, 5) is 16.9. The van der Waals surface area contributed by atoms with Crippen LogP contribution in [0.25, 0.3) is 17.0 Å². The number of pyridine rings is 1. The molecule has 4 heterocycles. The van der Waals surface area contributed by atoms with Gasteiger partial charge in [0.05, 0.1) is 17.5 Å². The Kier molecular flexibility index (Phi) is 4.00. The quantitative estimate of drug-likeness (QED) is 0.435. The molecule has 8 nitrogen and oxygen atoms in total. The van der Waals surface area contributed by atoms with Gasteiger partial charge in [0.1, 0.15) is 11.4 Å². The van der Waals surface area contributed by atoms with Gasteiger partial charge in [-0.25, -0.2) is 9.66 Å². The third-order valence-electron chi connectivity index (χ3n) is 4.05. The topological polar surface area (TPSA) is 104 Å². The molecule has 26 heavy (non-hydrogen) atoms. The highest BCUT2D eigenvalue weighted by molar-refractivity contribution is 7.98. The number of nitrogens with zero attached hydrogens (tertiary/aromatic N) is 5. The first-order valence-corrected chi connectivity index (χ1v) is 8.89. The Balaban J connectivity index is 1.61. The summed E-state index contributed by atoms with van der Waals surface area (Å²) in [6, 6.07) is 8.90. The summed E-state index contributed by atoms with van der Waals surface area (Å²) in [5.41, 5.74) is 2.82. The molecule has 0 bridgehead atoms. The number of rotatable bonds is 4. The highest BCUT2D eigenvalue weighted by Gasteiger charge is 2.16. The lowest BCUT2D eigenvalue weighted by Crippen LogP contribution is -2.17. The van der Waals surface area contributed by atoms with Crippen LogP contribution in [-0.4, -0.2) is 24.3 Å². The standard InChI is InChI=1S/C17H16N6O2S/c1-10-4-3-5-14-19-12(8-15(24)22(10)14)9-26-17-21-20-16(23(17)18)13-6-7-25-11(13)2/h3-8H,9,18H2,1-2H3. The molecule has 132 valence electrons. The molecule has 0 aromatic carbocycles. The third-order valence-corrected chi connectivity index (χ3v) is 5.02. The van der Waals surface area contributed by atoms with E-state index in [0.717, 1.165) is 17.0 Å². The number of fused-ring (bicyclic) bond motifs is 1. The lowest BCUT2D eigenvalue weighted by Gasteiger charge is -2.06. The Morgan fingerprint density at radius 1 is 1.23 bits per heavy atom. The minimum absolute atomic E-state index is 0.104. The van der Waals surface area contributed by atoms with Crippen molar-refractivity contribution >= 4 is 17.4 Å². The summed E-state index contributed by atoms with van der Waals surface area (Å²) >= 11 is 1.37. The first-order chi connectivity index (χ1) is 12.5. The largest absolute Gasteiger partial charge is 0.469 e. The number of nitrogen functional groups attached to an aromatic ring is 1. The van der Waals surface area contributed by atoms with E-state index in [0.29, 0.717) is 28.1 Å². The van der Waals surface area contributed by atoms with E-state index in [-0.39, 0.29) is 5.56 Å². The van der Waals surface area contributed by atoms with Crippen molar-refractivity contribution in [2.45, 2.75) is 24.8 Å². The maximum atomic E-state index is 12.3. The average molecular weight is 368 g/mol. The number of aryl methyl sites for hydroxylation is 2. The molecule has 0 aliphatic rings. The molecule has 0 saturated carbocycles. The number of hydrogen-bond acceptors (Lipinski definition) is 7. The maximum Gasteiger partial charge on any atom is 0.258 e. The molecule has 0 aliphatic carbocycles. The Bertz CT molecular complexity index is 1160. The number of thioether (sulfide) groups is 1. The number of nitrogens with two attached hydrogens (primary N) is 1. The van der Waals surface area contributed by atoms with Crippen LogP contribution in [0.1, 0.15) is 17.1 Å². The van der Waals surface area contributed by atoms with Gasteiger partial charge in [0.15, 0.2) is 5.82 Å². The first kappa shape index (κ1) is 16.4. The summed E-state index contributed by atoms with van der Waals surface area (Å²) in [6.07, 6.45) is 1.58. The SMILES string of the molecule is Cc1occc1-c1nnc(SCc2cc(=O)n3c(C)cccc3n2)n1N. The third kappa shape index (κ3) is 2.76. The molecule has 9 heteroatoms. The van der Waals surface area contributed by atoms with E-state index in [2.05, 4.69) is 15.2 Å². The fourth-order valence-corrected chi connectivity index (χ4v) is 3.50. The second kappa shape index (κ2) is 6.34. The molecule has 0 unspecified atom stereocenters. The molecule has 4 aromatic rings. The van der Waals surface area contributed by atoms with Gasteiger partial charge in [-0.3, -0.25) is 9.20 Å². The van der Waals surface area contributed by atoms with Gasteiger partial charge in [-0.15, -0.1) is 10.2 Å². The molecule has 4 aromatic heterocycles. The molecule has 0 saturated heterocycles. The van der Waals surface area contributed by atoms with Gasteiger partial charge in [0.25, 0.3) is 5.56 Å². The van der Waals surface area contributed by atoms with E-state index in [1.807, 2.05) is 32.0 Å². The molecule has 0 radical (unpaired) electrons. The summed E-state index contributed by atoms with van der Waals surface area (Å²) in [7, 11) is 0. The Morgan fingerprint density at radius 3 is 2.85 bits per heavy atom. The van der Waals surface area contributed by atoms with Crippen molar-refractivity contribution in [2.75, 3.05) is 5.84 Å². The summed E-state index contributed by atoms with van der Waals surface area (Å²) in [6.45, 7) is 3.71. The smallest absolute Gasteiger partial charge is 0.258 e.